The molecule has 162 valence electrons. The fraction of sp³-hybridized carbons (Fsp3) is 0.182. The average Bonchev–Trinajstić information content (AvgIpc) is 2.76. The number of nitrogens with one attached hydrogen (secondary N) is 1. The lowest BCUT2D eigenvalue weighted by Gasteiger charge is -2.23. The van der Waals surface area contributed by atoms with Crippen LogP contribution in [0.1, 0.15) is 11.1 Å². The fourth-order valence-electron chi connectivity index (χ4n) is 2.79. The minimum Gasteiger partial charge on any atom is -0.484 e. The number of ether oxygens (including phenoxy) is 1. The first-order valence-corrected chi connectivity index (χ1v) is 11.3. The Kier molecular flexibility index (Phi) is 7.19. The van der Waals surface area contributed by atoms with Crippen molar-refractivity contribution in [2.45, 2.75) is 13.1 Å². The van der Waals surface area contributed by atoms with Crippen LogP contribution in [0.4, 0.5) is 10.1 Å². The lowest BCUT2D eigenvalue weighted by Crippen LogP contribution is -2.29. The summed E-state index contributed by atoms with van der Waals surface area (Å²) in [4.78, 5) is 15.9. The number of pyridine rings is 1. The highest BCUT2D eigenvalue weighted by Crippen LogP contribution is 2.24. The molecule has 9 heteroatoms. The minimum absolute atomic E-state index is 0.136. The van der Waals surface area contributed by atoms with Gasteiger partial charge in [0.15, 0.2) is 6.61 Å². The molecular formula is C22H22FN3O4S. The van der Waals surface area contributed by atoms with E-state index in [1.54, 1.807) is 60.9 Å². The topological polar surface area (TPSA) is 88.6 Å². The summed E-state index contributed by atoms with van der Waals surface area (Å²) in [5, 5.41) is 2.74. The summed E-state index contributed by atoms with van der Waals surface area (Å²) in [6, 6.07) is 15.8. The molecule has 0 aliphatic heterocycles. The van der Waals surface area contributed by atoms with Gasteiger partial charge in [0.1, 0.15) is 11.6 Å². The zero-order chi connectivity index (χ0) is 22.3. The molecule has 0 unspecified atom stereocenters. The molecule has 1 amide bonds. The van der Waals surface area contributed by atoms with Crippen LogP contribution in [0.15, 0.2) is 73.1 Å². The molecule has 1 aromatic heterocycles. The first-order chi connectivity index (χ1) is 14.8. The smallest absolute Gasteiger partial charge is 0.258 e. The third-order valence-electron chi connectivity index (χ3n) is 4.41. The maximum absolute atomic E-state index is 14.0. The van der Waals surface area contributed by atoms with Crippen LogP contribution in [0.3, 0.4) is 0 Å². The first-order valence-electron chi connectivity index (χ1n) is 9.42. The van der Waals surface area contributed by atoms with Crippen molar-refractivity contribution in [3.05, 3.63) is 90.0 Å². The van der Waals surface area contributed by atoms with Gasteiger partial charge in [0.25, 0.3) is 5.91 Å². The number of hydrogen-bond acceptors (Lipinski definition) is 5. The van der Waals surface area contributed by atoms with Crippen molar-refractivity contribution in [1.82, 2.24) is 10.3 Å². The fourth-order valence-corrected chi connectivity index (χ4v) is 3.67. The highest BCUT2D eigenvalue weighted by Gasteiger charge is 2.19. The predicted molar refractivity (Wildman–Crippen MR) is 115 cm³/mol. The van der Waals surface area contributed by atoms with Gasteiger partial charge in [-0.1, -0.05) is 18.2 Å². The van der Waals surface area contributed by atoms with E-state index in [0.29, 0.717) is 18.0 Å². The molecule has 0 saturated heterocycles. The molecule has 31 heavy (non-hydrogen) atoms. The van der Waals surface area contributed by atoms with E-state index in [-0.39, 0.29) is 24.6 Å². The van der Waals surface area contributed by atoms with E-state index in [9.17, 15) is 17.6 Å². The zero-order valence-electron chi connectivity index (χ0n) is 16.9. The van der Waals surface area contributed by atoms with E-state index in [4.69, 9.17) is 4.74 Å². The summed E-state index contributed by atoms with van der Waals surface area (Å²) in [5.41, 5.74) is 1.54. The van der Waals surface area contributed by atoms with Crippen LogP contribution < -0.4 is 14.4 Å². The summed E-state index contributed by atoms with van der Waals surface area (Å²) < 4.78 is 45.1. The predicted octanol–water partition coefficient (Wildman–Crippen LogP) is 2.88. The van der Waals surface area contributed by atoms with Crippen LogP contribution in [0.5, 0.6) is 5.75 Å². The van der Waals surface area contributed by atoms with Gasteiger partial charge < -0.3 is 10.1 Å². The molecule has 0 saturated carbocycles. The van der Waals surface area contributed by atoms with Crippen molar-refractivity contribution in [3.8, 4) is 5.75 Å². The van der Waals surface area contributed by atoms with Crippen molar-refractivity contribution in [2.75, 3.05) is 17.2 Å². The van der Waals surface area contributed by atoms with Gasteiger partial charge in [-0.2, -0.15) is 0 Å². The Hall–Kier alpha value is -3.46. The molecule has 1 N–H and O–H groups in total. The van der Waals surface area contributed by atoms with E-state index < -0.39 is 15.8 Å². The number of sulfonamides is 1. The molecule has 0 aliphatic rings. The lowest BCUT2D eigenvalue weighted by molar-refractivity contribution is -0.123. The molecule has 2 aromatic carbocycles. The number of aromatic nitrogens is 1. The summed E-state index contributed by atoms with van der Waals surface area (Å²) in [7, 11) is -3.65. The molecule has 7 nitrogen and oxygen atoms in total. The van der Waals surface area contributed by atoms with E-state index in [0.717, 1.165) is 16.1 Å². The number of amides is 1. The number of hydrogen-bond donors (Lipinski definition) is 1. The van der Waals surface area contributed by atoms with E-state index in [1.807, 2.05) is 0 Å². The quantitative estimate of drug-likeness (QED) is 0.549. The third kappa shape index (κ3) is 6.51. The molecular weight excluding hydrogens is 421 g/mol. The summed E-state index contributed by atoms with van der Waals surface area (Å²) in [6.07, 6.45) is 4.35. The molecule has 0 spiro atoms. The maximum atomic E-state index is 14.0. The largest absolute Gasteiger partial charge is 0.484 e. The second-order valence-electron chi connectivity index (χ2n) is 6.78. The number of benzene rings is 2. The Morgan fingerprint density at radius 1 is 1.06 bits per heavy atom. The molecule has 0 bridgehead atoms. The second-order valence-corrected chi connectivity index (χ2v) is 8.68. The van der Waals surface area contributed by atoms with Crippen molar-refractivity contribution in [3.63, 3.8) is 0 Å². The number of carbonyl (C=O) groups is 1. The van der Waals surface area contributed by atoms with Gasteiger partial charge in [-0.25, -0.2) is 12.8 Å². The van der Waals surface area contributed by atoms with Crippen LogP contribution >= 0.6 is 0 Å². The van der Waals surface area contributed by atoms with Gasteiger partial charge >= 0.3 is 0 Å². The van der Waals surface area contributed by atoms with Crippen LogP contribution in [-0.4, -0.2) is 32.2 Å². The Balaban J connectivity index is 1.60. The Morgan fingerprint density at radius 3 is 2.39 bits per heavy atom. The standard InChI is InChI=1S/C22H22FN3O4S/c1-31(28,29)26(15-18-4-2-3-5-21(18)23)19-6-8-20(9-7-19)30-16-22(27)25-14-17-10-12-24-13-11-17/h2-13H,14-16H2,1H3,(H,25,27). The molecule has 3 rings (SSSR count). The van der Waals surface area contributed by atoms with Crippen molar-refractivity contribution < 1.29 is 22.3 Å². The van der Waals surface area contributed by atoms with Crippen molar-refractivity contribution in [1.29, 1.82) is 0 Å². The number of halogens is 1. The number of rotatable bonds is 9. The molecule has 1 heterocycles. The van der Waals surface area contributed by atoms with Crippen LogP contribution in [0.2, 0.25) is 0 Å². The molecule has 0 atom stereocenters. The molecule has 0 fully saturated rings. The van der Waals surface area contributed by atoms with E-state index in [1.165, 1.54) is 12.1 Å². The maximum Gasteiger partial charge on any atom is 0.258 e. The molecule has 0 aliphatic carbocycles. The van der Waals surface area contributed by atoms with E-state index >= 15 is 0 Å². The normalized spacial score (nSPS) is 11.0. The minimum atomic E-state index is -3.65. The van der Waals surface area contributed by atoms with Crippen LogP contribution in [0, 0.1) is 5.82 Å². The monoisotopic (exact) mass is 443 g/mol. The van der Waals surface area contributed by atoms with Crippen LogP contribution in [-0.2, 0) is 27.9 Å². The average molecular weight is 444 g/mol. The SMILES string of the molecule is CS(=O)(=O)N(Cc1ccccc1F)c1ccc(OCC(=O)NCc2ccncc2)cc1. The van der Waals surface area contributed by atoms with Crippen molar-refractivity contribution >= 4 is 21.6 Å². The van der Waals surface area contributed by atoms with Gasteiger partial charge in [-0.15, -0.1) is 0 Å². The third-order valence-corrected chi connectivity index (χ3v) is 5.55. The molecule has 3 aromatic rings. The lowest BCUT2D eigenvalue weighted by atomic mass is 10.2. The highest BCUT2D eigenvalue weighted by atomic mass is 32.2. The highest BCUT2D eigenvalue weighted by molar-refractivity contribution is 7.92. The van der Waals surface area contributed by atoms with Gasteiger partial charge in [-0.3, -0.25) is 14.1 Å². The Morgan fingerprint density at radius 2 is 1.74 bits per heavy atom. The number of anilines is 1. The van der Waals surface area contributed by atoms with Gasteiger partial charge in [-0.05, 0) is 48.0 Å². The second kappa shape index (κ2) is 10.0. The zero-order valence-corrected chi connectivity index (χ0v) is 17.7. The van der Waals surface area contributed by atoms with Gasteiger partial charge in [0, 0.05) is 24.5 Å². The number of carbonyl (C=O) groups excluding carboxylic acids is 1. The Bertz CT molecular complexity index is 1120. The van der Waals surface area contributed by atoms with E-state index in [2.05, 4.69) is 10.3 Å². The first kappa shape index (κ1) is 22.2. The molecule has 0 radical (unpaired) electrons. The number of nitrogens with zero attached hydrogens (tertiary/aromatic N) is 2. The summed E-state index contributed by atoms with van der Waals surface area (Å²) >= 11 is 0. The summed E-state index contributed by atoms with van der Waals surface area (Å²) in [6.45, 7) is 0.0432. The Labute approximate surface area is 180 Å². The van der Waals surface area contributed by atoms with Gasteiger partial charge in [0.2, 0.25) is 10.0 Å². The van der Waals surface area contributed by atoms with Crippen LogP contribution in [0.25, 0.3) is 0 Å². The van der Waals surface area contributed by atoms with Gasteiger partial charge in [0.05, 0.1) is 18.5 Å². The summed E-state index contributed by atoms with van der Waals surface area (Å²) in [5.74, 6) is -0.366. The van der Waals surface area contributed by atoms with Crippen molar-refractivity contribution in [2.24, 2.45) is 0 Å².